The number of nitrogens with zero attached hydrogens (tertiary/aromatic N) is 2. The molecule has 0 aliphatic heterocycles. The summed E-state index contributed by atoms with van der Waals surface area (Å²) in [4.78, 5) is 4.61. The zero-order valence-corrected chi connectivity index (χ0v) is 13.5. The van der Waals surface area contributed by atoms with Crippen LogP contribution in [0.5, 0.6) is 0 Å². The van der Waals surface area contributed by atoms with E-state index in [2.05, 4.69) is 16.4 Å². The molecule has 4 heteroatoms. The van der Waals surface area contributed by atoms with Crippen LogP contribution in [0, 0.1) is 18.3 Å². The van der Waals surface area contributed by atoms with Crippen molar-refractivity contribution in [2.24, 2.45) is 5.73 Å². The number of hydrogen-bond acceptors (Lipinski definition) is 4. The van der Waals surface area contributed by atoms with Crippen molar-refractivity contribution in [3.63, 3.8) is 0 Å². The third-order valence-electron chi connectivity index (χ3n) is 3.84. The van der Waals surface area contributed by atoms with Gasteiger partial charge in [-0.05, 0) is 36.2 Å². The van der Waals surface area contributed by atoms with E-state index in [1.165, 1.54) is 0 Å². The van der Waals surface area contributed by atoms with Gasteiger partial charge in [-0.25, -0.2) is 4.98 Å². The third kappa shape index (κ3) is 3.27. The fourth-order valence-corrected chi connectivity index (χ4v) is 2.61. The first kappa shape index (κ1) is 15.7. The van der Waals surface area contributed by atoms with Crippen molar-refractivity contribution in [3.05, 3.63) is 77.5 Å². The van der Waals surface area contributed by atoms with E-state index in [-0.39, 0.29) is 0 Å². The summed E-state index contributed by atoms with van der Waals surface area (Å²) in [7, 11) is 0. The maximum absolute atomic E-state index is 9.51. The molecule has 0 fully saturated rings. The Bertz CT molecular complexity index is 895. The molecule has 0 saturated carbocycles. The molecule has 3 N–H and O–H groups in total. The van der Waals surface area contributed by atoms with Crippen molar-refractivity contribution < 1.29 is 0 Å². The first-order valence-electron chi connectivity index (χ1n) is 7.74. The molecule has 0 bridgehead atoms. The Balaban J connectivity index is 2.00. The molecule has 1 heterocycles. The summed E-state index contributed by atoms with van der Waals surface area (Å²) in [5.74, 6) is 0.559. The van der Waals surface area contributed by atoms with Crippen LogP contribution in [-0.4, -0.2) is 4.98 Å². The molecule has 0 saturated heterocycles. The van der Waals surface area contributed by atoms with Crippen molar-refractivity contribution >= 4 is 11.5 Å². The van der Waals surface area contributed by atoms with E-state index in [0.717, 1.165) is 28.1 Å². The largest absolute Gasteiger partial charge is 0.339 e. The normalized spacial score (nSPS) is 10.2. The number of hydrogen-bond donors (Lipinski definition) is 2. The van der Waals surface area contributed by atoms with Crippen LogP contribution >= 0.6 is 0 Å². The maximum Gasteiger partial charge on any atom is 0.148 e. The Morgan fingerprint density at radius 3 is 2.58 bits per heavy atom. The Morgan fingerprint density at radius 1 is 1.08 bits per heavy atom. The molecule has 1 aromatic heterocycles. The molecular formula is C20H18N4. The van der Waals surface area contributed by atoms with Gasteiger partial charge in [-0.3, -0.25) is 0 Å². The van der Waals surface area contributed by atoms with Gasteiger partial charge in [0.05, 0.1) is 5.56 Å². The van der Waals surface area contributed by atoms with Crippen molar-refractivity contribution in [2.45, 2.75) is 13.5 Å². The van der Waals surface area contributed by atoms with Crippen LogP contribution < -0.4 is 11.1 Å². The van der Waals surface area contributed by atoms with Gasteiger partial charge in [0.2, 0.25) is 0 Å². The van der Waals surface area contributed by atoms with Gasteiger partial charge in [0, 0.05) is 23.5 Å². The van der Waals surface area contributed by atoms with E-state index in [0.29, 0.717) is 17.9 Å². The molecule has 3 rings (SSSR count). The van der Waals surface area contributed by atoms with Gasteiger partial charge >= 0.3 is 0 Å². The Labute approximate surface area is 141 Å². The zero-order chi connectivity index (χ0) is 16.9. The molecule has 0 amide bonds. The lowest BCUT2D eigenvalue weighted by Gasteiger charge is -2.12. The predicted octanol–water partition coefficient (Wildman–Crippen LogP) is 4.13. The fraction of sp³-hybridized carbons (Fsp3) is 0.100. The fourth-order valence-electron chi connectivity index (χ4n) is 2.61. The van der Waals surface area contributed by atoms with E-state index in [9.17, 15) is 5.26 Å². The second-order valence-electron chi connectivity index (χ2n) is 5.52. The predicted molar refractivity (Wildman–Crippen MR) is 96.7 cm³/mol. The number of aryl methyl sites for hydroxylation is 1. The molecular weight excluding hydrogens is 296 g/mol. The van der Waals surface area contributed by atoms with E-state index in [1.807, 2.05) is 67.6 Å². The summed E-state index contributed by atoms with van der Waals surface area (Å²) in [5, 5.41) is 12.7. The maximum atomic E-state index is 9.51. The van der Waals surface area contributed by atoms with E-state index in [1.54, 1.807) is 0 Å². The zero-order valence-electron chi connectivity index (χ0n) is 13.5. The van der Waals surface area contributed by atoms with Crippen LogP contribution in [0.2, 0.25) is 0 Å². The lowest BCUT2D eigenvalue weighted by Crippen LogP contribution is -2.02. The highest BCUT2D eigenvalue weighted by Crippen LogP contribution is 2.28. The molecule has 0 spiro atoms. The first-order chi connectivity index (χ1) is 11.7. The highest BCUT2D eigenvalue weighted by atomic mass is 15.0. The SMILES string of the molecule is Cc1nc(Nc2cccc(CN)c2)c(C#N)cc1-c1ccccc1. The standard InChI is InChI=1S/C20H18N4/c1-14-19(16-7-3-2-4-8-16)11-17(13-22)20(23-14)24-18-9-5-6-15(10-18)12-21/h2-11H,12,21H2,1H3,(H,23,24). The van der Waals surface area contributed by atoms with Gasteiger partial charge < -0.3 is 11.1 Å². The number of pyridine rings is 1. The summed E-state index contributed by atoms with van der Waals surface area (Å²) in [6.45, 7) is 2.42. The van der Waals surface area contributed by atoms with Gasteiger partial charge in [-0.1, -0.05) is 42.5 Å². The van der Waals surface area contributed by atoms with Crippen LogP contribution in [0.1, 0.15) is 16.8 Å². The third-order valence-corrected chi connectivity index (χ3v) is 3.84. The molecule has 3 aromatic rings. The molecule has 2 aromatic carbocycles. The van der Waals surface area contributed by atoms with Gasteiger partial charge in [0.25, 0.3) is 0 Å². The Hall–Kier alpha value is -3.16. The summed E-state index contributed by atoms with van der Waals surface area (Å²) >= 11 is 0. The lowest BCUT2D eigenvalue weighted by atomic mass is 10.0. The number of nitrogens with two attached hydrogens (primary N) is 1. The van der Waals surface area contributed by atoms with Gasteiger partial charge in [-0.15, -0.1) is 0 Å². The van der Waals surface area contributed by atoms with Crippen LogP contribution in [0.3, 0.4) is 0 Å². The minimum atomic E-state index is 0.472. The smallest absolute Gasteiger partial charge is 0.148 e. The first-order valence-corrected chi connectivity index (χ1v) is 7.74. The number of anilines is 2. The Kier molecular flexibility index (Phi) is 4.55. The monoisotopic (exact) mass is 314 g/mol. The molecule has 0 aliphatic carbocycles. The minimum absolute atomic E-state index is 0.472. The average molecular weight is 314 g/mol. The van der Waals surface area contributed by atoms with E-state index in [4.69, 9.17) is 5.73 Å². The van der Waals surface area contributed by atoms with E-state index >= 15 is 0 Å². The highest BCUT2D eigenvalue weighted by Gasteiger charge is 2.11. The lowest BCUT2D eigenvalue weighted by molar-refractivity contribution is 1.07. The number of nitrogens with one attached hydrogen (secondary N) is 1. The molecule has 0 unspecified atom stereocenters. The van der Waals surface area contributed by atoms with Crippen LogP contribution in [0.15, 0.2) is 60.7 Å². The van der Waals surface area contributed by atoms with Gasteiger partial charge in [0.1, 0.15) is 11.9 Å². The van der Waals surface area contributed by atoms with Gasteiger partial charge in [0.15, 0.2) is 0 Å². The second kappa shape index (κ2) is 6.95. The van der Waals surface area contributed by atoms with Crippen molar-refractivity contribution in [2.75, 3.05) is 5.32 Å². The van der Waals surface area contributed by atoms with Crippen LogP contribution in [-0.2, 0) is 6.54 Å². The molecule has 0 radical (unpaired) electrons. The molecule has 24 heavy (non-hydrogen) atoms. The quantitative estimate of drug-likeness (QED) is 0.759. The molecule has 0 aliphatic rings. The summed E-state index contributed by atoms with van der Waals surface area (Å²) in [6.07, 6.45) is 0. The number of nitriles is 1. The number of aromatic nitrogens is 1. The summed E-state index contributed by atoms with van der Waals surface area (Å²) in [6, 6.07) is 21.9. The van der Waals surface area contributed by atoms with Crippen molar-refractivity contribution in [3.8, 4) is 17.2 Å². The van der Waals surface area contributed by atoms with Crippen LogP contribution in [0.25, 0.3) is 11.1 Å². The van der Waals surface area contributed by atoms with E-state index < -0.39 is 0 Å². The molecule has 118 valence electrons. The number of benzene rings is 2. The summed E-state index contributed by atoms with van der Waals surface area (Å²) < 4.78 is 0. The minimum Gasteiger partial charge on any atom is -0.339 e. The highest BCUT2D eigenvalue weighted by molar-refractivity contribution is 5.73. The van der Waals surface area contributed by atoms with Crippen molar-refractivity contribution in [1.29, 1.82) is 5.26 Å². The van der Waals surface area contributed by atoms with Crippen LogP contribution in [0.4, 0.5) is 11.5 Å². The topological polar surface area (TPSA) is 74.7 Å². The number of rotatable bonds is 4. The molecule has 4 nitrogen and oxygen atoms in total. The second-order valence-corrected chi connectivity index (χ2v) is 5.52. The van der Waals surface area contributed by atoms with Crippen molar-refractivity contribution in [1.82, 2.24) is 4.98 Å². The summed E-state index contributed by atoms with van der Waals surface area (Å²) in [5.41, 5.74) is 11.0. The molecule has 0 atom stereocenters. The average Bonchev–Trinajstić information content (AvgIpc) is 2.63. The Morgan fingerprint density at radius 2 is 1.88 bits per heavy atom. The van der Waals surface area contributed by atoms with Gasteiger partial charge in [-0.2, -0.15) is 5.26 Å².